The van der Waals surface area contributed by atoms with Gasteiger partial charge in [-0.25, -0.2) is 0 Å². The van der Waals surface area contributed by atoms with E-state index in [1.807, 2.05) is 0 Å². The monoisotopic (exact) mass is 208 g/mol. The predicted molar refractivity (Wildman–Crippen MR) is 53.2 cm³/mol. The standard InChI is InChI=1S/C11H12O4/c1-11(10(13)14)4-5-15-9-3-2-7(12)6-8(9)11/h2-3,6,12H,4-5H2,1H3,(H,13,14). The Morgan fingerprint density at radius 1 is 1.53 bits per heavy atom. The summed E-state index contributed by atoms with van der Waals surface area (Å²) in [6, 6.07) is 4.56. The van der Waals surface area contributed by atoms with Gasteiger partial charge in [-0.3, -0.25) is 4.79 Å². The summed E-state index contributed by atoms with van der Waals surface area (Å²) in [4.78, 5) is 11.2. The smallest absolute Gasteiger partial charge is 0.314 e. The first kappa shape index (κ1) is 9.83. The van der Waals surface area contributed by atoms with Crippen LogP contribution in [0.25, 0.3) is 0 Å². The van der Waals surface area contributed by atoms with E-state index in [2.05, 4.69) is 0 Å². The van der Waals surface area contributed by atoms with Crippen molar-refractivity contribution in [3.05, 3.63) is 23.8 Å². The highest BCUT2D eigenvalue weighted by Crippen LogP contribution is 2.40. The van der Waals surface area contributed by atoms with Gasteiger partial charge in [0.05, 0.1) is 12.0 Å². The Hall–Kier alpha value is -1.71. The summed E-state index contributed by atoms with van der Waals surface area (Å²) >= 11 is 0. The summed E-state index contributed by atoms with van der Waals surface area (Å²) in [6.45, 7) is 2.04. The lowest BCUT2D eigenvalue weighted by Gasteiger charge is -2.31. The van der Waals surface area contributed by atoms with Gasteiger partial charge < -0.3 is 14.9 Å². The van der Waals surface area contributed by atoms with Crippen LogP contribution < -0.4 is 4.74 Å². The van der Waals surface area contributed by atoms with Crippen LogP contribution in [0.5, 0.6) is 11.5 Å². The molecule has 0 radical (unpaired) electrons. The van der Waals surface area contributed by atoms with Crippen LogP contribution >= 0.6 is 0 Å². The number of carbonyl (C=O) groups is 1. The normalized spacial score (nSPS) is 24.1. The van der Waals surface area contributed by atoms with Crippen LogP contribution in [-0.2, 0) is 10.2 Å². The van der Waals surface area contributed by atoms with Gasteiger partial charge in [0.1, 0.15) is 11.5 Å². The van der Waals surface area contributed by atoms with Gasteiger partial charge in [-0.15, -0.1) is 0 Å². The van der Waals surface area contributed by atoms with Gasteiger partial charge in [0.25, 0.3) is 0 Å². The minimum absolute atomic E-state index is 0.0618. The first-order valence-corrected chi connectivity index (χ1v) is 4.74. The molecule has 0 aromatic heterocycles. The number of hydrogen-bond acceptors (Lipinski definition) is 3. The van der Waals surface area contributed by atoms with Crippen molar-refractivity contribution < 1.29 is 19.7 Å². The molecule has 0 amide bonds. The number of carboxylic acid groups (broad SMARTS) is 1. The molecule has 0 aliphatic carbocycles. The highest BCUT2D eigenvalue weighted by atomic mass is 16.5. The quantitative estimate of drug-likeness (QED) is 0.734. The van der Waals surface area contributed by atoms with Crippen LogP contribution in [0.1, 0.15) is 18.9 Å². The Balaban J connectivity index is 2.59. The molecule has 1 atom stereocenters. The second-order valence-corrected chi connectivity index (χ2v) is 3.92. The number of ether oxygens (including phenoxy) is 1. The summed E-state index contributed by atoms with van der Waals surface area (Å²) in [5.74, 6) is -0.284. The number of rotatable bonds is 1. The average Bonchev–Trinajstić information content (AvgIpc) is 2.19. The molecule has 4 nitrogen and oxygen atoms in total. The van der Waals surface area contributed by atoms with E-state index >= 15 is 0 Å². The van der Waals surface area contributed by atoms with Gasteiger partial charge in [-0.1, -0.05) is 0 Å². The number of carboxylic acids is 1. The van der Waals surface area contributed by atoms with Crippen molar-refractivity contribution in [1.82, 2.24) is 0 Å². The Labute approximate surface area is 87.1 Å². The number of phenolic OH excluding ortho intramolecular Hbond substituents is 1. The zero-order valence-electron chi connectivity index (χ0n) is 8.36. The molecule has 1 aromatic carbocycles. The molecule has 1 aliphatic heterocycles. The molecule has 0 fully saturated rings. The molecule has 4 heteroatoms. The molecule has 1 aliphatic rings. The number of phenols is 1. The topological polar surface area (TPSA) is 66.8 Å². The molecule has 1 aromatic rings. The molecular formula is C11H12O4. The lowest BCUT2D eigenvalue weighted by atomic mass is 9.78. The third-order valence-electron chi connectivity index (χ3n) is 2.89. The second kappa shape index (κ2) is 3.15. The van der Waals surface area contributed by atoms with Gasteiger partial charge in [-0.05, 0) is 25.1 Å². The average molecular weight is 208 g/mol. The summed E-state index contributed by atoms with van der Waals surface area (Å²) < 4.78 is 5.35. The second-order valence-electron chi connectivity index (χ2n) is 3.92. The SMILES string of the molecule is CC1(C(=O)O)CCOc2ccc(O)cc21. The van der Waals surface area contributed by atoms with Gasteiger partial charge in [0, 0.05) is 12.0 Å². The molecule has 2 N–H and O–H groups in total. The maximum Gasteiger partial charge on any atom is 0.314 e. The molecule has 1 heterocycles. The molecule has 0 bridgehead atoms. The lowest BCUT2D eigenvalue weighted by molar-refractivity contribution is -0.144. The maximum atomic E-state index is 11.2. The Kier molecular flexibility index (Phi) is 2.07. The number of hydrogen-bond donors (Lipinski definition) is 2. The van der Waals surface area contributed by atoms with E-state index in [0.717, 1.165) is 0 Å². The number of benzene rings is 1. The minimum atomic E-state index is -0.966. The highest BCUT2D eigenvalue weighted by molar-refractivity contribution is 5.82. The van der Waals surface area contributed by atoms with Crippen molar-refractivity contribution >= 4 is 5.97 Å². The molecule has 80 valence electrons. The van der Waals surface area contributed by atoms with E-state index < -0.39 is 11.4 Å². The van der Waals surface area contributed by atoms with E-state index in [4.69, 9.17) is 4.74 Å². The fraction of sp³-hybridized carbons (Fsp3) is 0.364. The van der Waals surface area contributed by atoms with Crippen LogP contribution in [0.2, 0.25) is 0 Å². The fourth-order valence-corrected chi connectivity index (χ4v) is 1.80. The largest absolute Gasteiger partial charge is 0.508 e. The fourth-order valence-electron chi connectivity index (χ4n) is 1.80. The van der Waals surface area contributed by atoms with Crippen LogP contribution in [0.4, 0.5) is 0 Å². The number of aliphatic carboxylic acids is 1. The van der Waals surface area contributed by atoms with Gasteiger partial charge >= 0.3 is 5.97 Å². The van der Waals surface area contributed by atoms with Crippen LogP contribution in [0.15, 0.2) is 18.2 Å². The van der Waals surface area contributed by atoms with Crippen molar-refractivity contribution in [1.29, 1.82) is 0 Å². The molecule has 0 spiro atoms. The van der Waals surface area contributed by atoms with Crippen molar-refractivity contribution in [3.8, 4) is 11.5 Å². The van der Waals surface area contributed by atoms with E-state index in [-0.39, 0.29) is 5.75 Å². The maximum absolute atomic E-state index is 11.2. The van der Waals surface area contributed by atoms with Crippen molar-refractivity contribution in [3.63, 3.8) is 0 Å². The van der Waals surface area contributed by atoms with Crippen molar-refractivity contribution in [2.24, 2.45) is 0 Å². The zero-order chi connectivity index (χ0) is 11.1. The first-order valence-electron chi connectivity index (χ1n) is 4.74. The molecule has 2 rings (SSSR count). The van der Waals surface area contributed by atoms with Gasteiger partial charge in [0.2, 0.25) is 0 Å². The molecule has 0 saturated heterocycles. The first-order chi connectivity index (χ1) is 7.04. The molecule has 1 unspecified atom stereocenters. The molecule has 0 saturated carbocycles. The lowest BCUT2D eigenvalue weighted by Crippen LogP contribution is -2.37. The Morgan fingerprint density at radius 3 is 2.93 bits per heavy atom. The van der Waals surface area contributed by atoms with Crippen LogP contribution in [0, 0.1) is 0 Å². The number of aromatic hydroxyl groups is 1. The number of fused-ring (bicyclic) bond motifs is 1. The van der Waals surface area contributed by atoms with Crippen LogP contribution in [-0.4, -0.2) is 22.8 Å². The van der Waals surface area contributed by atoms with Crippen LogP contribution in [0.3, 0.4) is 0 Å². The van der Waals surface area contributed by atoms with E-state index in [0.29, 0.717) is 24.3 Å². The van der Waals surface area contributed by atoms with Crippen molar-refractivity contribution in [2.45, 2.75) is 18.8 Å². The summed E-state index contributed by atoms with van der Waals surface area (Å²) in [5, 5.41) is 18.6. The minimum Gasteiger partial charge on any atom is -0.508 e. The van der Waals surface area contributed by atoms with Gasteiger partial charge in [-0.2, -0.15) is 0 Å². The Morgan fingerprint density at radius 2 is 2.27 bits per heavy atom. The zero-order valence-corrected chi connectivity index (χ0v) is 8.36. The van der Waals surface area contributed by atoms with E-state index in [1.165, 1.54) is 12.1 Å². The third-order valence-corrected chi connectivity index (χ3v) is 2.89. The van der Waals surface area contributed by atoms with Gasteiger partial charge in [0.15, 0.2) is 0 Å². The summed E-state index contributed by atoms with van der Waals surface area (Å²) in [7, 11) is 0. The summed E-state index contributed by atoms with van der Waals surface area (Å²) in [6.07, 6.45) is 0.415. The van der Waals surface area contributed by atoms with E-state index in [1.54, 1.807) is 13.0 Å². The molecule has 15 heavy (non-hydrogen) atoms. The predicted octanol–water partition coefficient (Wildman–Crippen LogP) is 1.52. The van der Waals surface area contributed by atoms with Crippen molar-refractivity contribution in [2.75, 3.05) is 6.61 Å². The summed E-state index contributed by atoms with van der Waals surface area (Å²) in [5.41, 5.74) is -0.423. The molecular weight excluding hydrogens is 196 g/mol. The Bertz CT molecular complexity index is 413. The highest BCUT2D eigenvalue weighted by Gasteiger charge is 2.40. The third kappa shape index (κ3) is 1.42. The van der Waals surface area contributed by atoms with E-state index in [9.17, 15) is 15.0 Å².